The summed E-state index contributed by atoms with van der Waals surface area (Å²) in [5.41, 5.74) is -0.132. The summed E-state index contributed by atoms with van der Waals surface area (Å²) in [6.45, 7) is 4.63. The topological polar surface area (TPSA) is 9.23 Å². The molecule has 0 aromatic heterocycles. The minimum atomic E-state index is -4.26. The van der Waals surface area contributed by atoms with Crippen molar-refractivity contribution in [2.75, 3.05) is 19.1 Å². The van der Waals surface area contributed by atoms with E-state index in [0.29, 0.717) is 5.88 Å². The average molecular weight is 233 g/mol. The smallest absolute Gasteiger partial charge is 0.372 e. The van der Waals surface area contributed by atoms with Crippen LogP contribution in [0.3, 0.4) is 0 Å². The molecule has 14 heavy (non-hydrogen) atoms. The molecule has 0 aliphatic heterocycles. The van der Waals surface area contributed by atoms with Gasteiger partial charge in [0.1, 0.15) is 6.61 Å². The van der Waals surface area contributed by atoms with Gasteiger partial charge in [0.15, 0.2) is 0 Å². The van der Waals surface area contributed by atoms with Crippen molar-refractivity contribution in [3.05, 3.63) is 0 Å². The fraction of sp³-hybridized carbons (Fsp3) is 1.00. The van der Waals surface area contributed by atoms with Crippen molar-refractivity contribution >= 4 is 11.6 Å². The molecule has 0 heterocycles. The summed E-state index contributed by atoms with van der Waals surface area (Å²) in [4.78, 5) is 0. The zero-order chi connectivity index (χ0) is 11.4. The van der Waals surface area contributed by atoms with Crippen LogP contribution in [0.2, 0.25) is 0 Å². The van der Waals surface area contributed by atoms with Crippen molar-refractivity contribution in [1.82, 2.24) is 0 Å². The van der Waals surface area contributed by atoms with Gasteiger partial charge >= 0.3 is 6.18 Å². The number of alkyl halides is 4. The summed E-state index contributed by atoms with van der Waals surface area (Å²) >= 11 is 5.64. The molecule has 0 saturated heterocycles. The van der Waals surface area contributed by atoms with E-state index in [2.05, 4.69) is 4.74 Å². The van der Waals surface area contributed by atoms with Crippen LogP contribution in [-0.4, -0.2) is 25.3 Å². The lowest BCUT2D eigenvalue weighted by Crippen LogP contribution is -2.29. The Labute approximate surface area is 87.6 Å². The summed E-state index contributed by atoms with van der Waals surface area (Å²) < 4.78 is 39.8. The van der Waals surface area contributed by atoms with E-state index in [1.807, 2.05) is 20.8 Å². The van der Waals surface area contributed by atoms with E-state index in [1.165, 1.54) is 0 Å². The molecule has 0 rings (SSSR count). The van der Waals surface area contributed by atoms with Gasteiger partial charge in [-0.05, 0) is 5.41 Å². The highest BCUT2D eigenvalue weighted by Gasteiger charge is 2.30. The Morgan fingerprint density at radius 1 is 1.21 bits per heavy atom. The van der Waals surface area contributed by atoms with E-state index in [9.17, 15) is 13.2 Å². The van der Waals surface area contributed by atoms with Crippen LogP contribution in [0, 0.1) is 11.3 Å². The van der Waals surface area contributed by atoms with Gasteiger partial charge in [0, 0.05) is 11.8 Å². The van der Waals surface area contributed by atoms with Crippen molar-refractivity contribution in [2.45, 2.75) is 26.9 Å². The SMILES string of the molecule is CC(C)(C)C(CCl)COCC(F)(F)F. The second-order valence-electron chi connectivity index (χ2n) is 4.35. The van der Waals surface area contributed by atoms with Gasteiger partial charge in [-0.25, -0.2) is 0 Å². The maximum atomic E-state index is 11.7. The lowest BCUT2D eigenvalue weighted by molar-refractivity contribution is -0.178. The summed E-state index contributed by atoms with van der Waals surface area (Å²) in [7, 11) is 0. The predicted molar refractivity (Wildman–Crippen MR) is 50.5 cm³/mol. The number of ether oxygens (including phenoxy) is 1. The van der Waals surface area contributed by atoms with Crippen molar-refractivity contribution in [2.24, 2.45) is 11.3 Å². The highest BCUT2D eigenvalue weighted by molar-refractivity contribution is 6.18. The summed E-state index contributed by atoms with van der Waals surface area (Å²) in [5, 5.41) is 0. The Morgan fingerprint density at radius 3 is 2.00 bits per heavy atom. The maximum Gasteiger partial charge on any atom is 0.411 e. The molecule has 5 heteroatoms. The molecule has 1 nitrogen and oxygen atoms in total. The Kier molecular flexibility index (Phi) is 5.23. The molecule has 0 amide bonds. The molecule has 0 aromatic rings. The zero-order valence-corrected chi connectivity index (χ0v) is 9.37. The monoisotopic (exact) mass is 232 g/mol. The second-order valence-corrected chi connectivity index (χ2v) is 4.66. The summed E-state index contributed by atoms with van der Waals surface area (Å²) in [6, 6.07) is 0. The highest BCUT2D eigenvalue weighted by Crippen LogP contribution is 2.27. The highest BCUT2D eigenvalue weighted by atomic mass is 35.5. The molecule has 1 atom stereocenters. The molecule has 0 aromatic carbocycles. The normalized spacial score (nSPS) is 15.6. The van der Waals surface area contributed by atoms with Gasteiger partial charge in [0.25, 0.3) is 0 Å². The van der Waals surface area contributed by atoms with Gasteiger partial charge in [-0.1, -0.05) is 20.8 Å². The van der Waals surface area contributed by atoms with Crippen LogP contribution in [0.25, 0.3) is 0 Å². The number of rotatable bonds is 4. The van der Waals surface area contributed by atoms with Crippen LogP contribution in [-0.2, 0) is 4.74 Å². The Bertz CT molecular complexity index is 162. The third-order valence-corrected chi connectivity index (χ3v) is 2.37. The molecule has 1 unspecified atom stereocenters. The van der Waals surface area contributed by atoms with E-state index in [0.717, 1.165) is 0 Å². The lowest BCUT2D eigenvalue weighted by atomic mass is 9.82. The minimum Gasteiger partial charge on any atom is -0.372 e. The van der Waals surface area contributed by atoms with Crippen LogP contribution in [0.1, 0.15) is 20.8 Å². The van der Waals surface area contributed by atoms with Crippen LogP contribution in [0.15, 0.2) is 0 Å². The van der Waals surface area contributed by atoms with Crippen LogP contribution in [0.4, 0.5) is 13.2 Å². The van der Waals surface area contributed by atoms with Crippen molar-refractivity contribution < 1.29 is 17.9 Å². The van der Waals surface area contributed by atoms with E-state index in [4.69, 9.17) is 11.6 Å². The maximum absolute atomic E-state index is 11.7. The van der Waals surface area contributed by atoms with Gasteiger partial charge in [0.05, 0.1) is 6.61 Å². The van der Waals surface area contributed by atoms with Crippen LogP contribution in [0.5, 0.6) is 0 Å². The third kappa shape index (κ3) is 6.49. The van der Waals surface area contributed by atoms with E-state index in [-0.39, 0.29) is 17.9 Å². The Hall–Kier alpha value is 0.0400. The first-order valence-electron chi connectivity index (χ1n) is 4.37. The molecular weight excluding hydrogens is 217 g/mol. The summed E-state index contributed by atoms with van der Waals surface area (Å²) in [5.74, 6) is 0.243. The molecule has 0 spiro atoms. The third-order valence-electron chi connectivity index (χ3n) is 2.00. The Balaban J connectivity index is 3.87. The number of hydrogen-bond donors (Lipinski definition) is 0. The number of halogens is 4. The van der Waals surface area contributed by atoms with Gasteiger partial charge in [0.2, 0.25) is 0 Å². The van der Waals surface area contributed by atoms with E-state index < -0.39 is 12.8 Å². The van der Waals surface area contributed by atoms with Crippen molar-refractivity contribution in [3.8, 4) is 0 Å². The standard InChI is InChI=1S/C9H16ClF3O/c1-8(2,3)7(4-10)5-14-6-9(11,12)13/h7H,4-6H2,1-3H3. The predicted octanol–water partition coefficient (Wildman–Crippen LogP) is 3.47. The molecule has 0 N–H and O–H groups in total. The number of hydrogen-bond acceptors (Lipinski definition) is 1. The van der Waals surface area contributed by atoms with E-state index in [1.54, 1.807) is 0 Å². The summed E-state index contributed by atoms with van der Waals surface area (Å²) in [6.07, 6.45) is -4.26. The largest absolute Gasteiger partial charge is 0.411 e. The molecule has 0 bridgehead atoms. The second kappa shape index (κ2) is 5.21. The Morgan fingerprint density at radius 2 is 1.71 bits per heavy atom. The van der Waals surface area contributed by atoms with Crippen LogP contribution >= 0.6 is 11.6 Å². The van der Waals surface area contributed by atoms with Crippen LogP contribution < -0.4 is 0 Å². The minimum absolute atomic E-state index is 0.0481. The fourth-order valence-electron chi connectivity index (χ4n) is 0.843. The molecule has 0 radical (unpaired) electrons. The first-order valence-corrected chi connectivity index (χ1v) is 4.90. The molecule has 0 fully saturated rings. The van der Waals surface area contributed by atoms with Gasteiger partial charge < -0.3 is 4.74 Å². The fourth-order valence-corrected chi connectivity index (χ4v) is 1.39. The first kappa shape index (κ1) is 14.0. The zero-order valence-electron chi connectivity index (χ0n) is 8.62. The molecule has 86 valence electrons. The van der Waals surface area contributed by atoms with Gasteiger partial charge in [-0.3, -0.25) is 0 Å². The first-order chi connectivity index (χ1) is 6.17. The lowest BCUT2D eigenvalue weighted by Gasteiger charge is -2.28. The van der Waals surface area contributed by atoms with Crippen molar-refractivity contribution in [3.63, 3.8) is 0 Å². The van der Waals surface area contributed by atoms with E-state index >= 15 is 0 Å². The quantitative estimate of drug-likeness (QED) is 0.675. The van der Waals surface area contributed by atoms with Crippen molar-refractivity contribution in [1.29, 1.82) is 0 Å². The molecule has 0 saturated carbocycles. The molecular formula is C9H16ClF3O. The molecule has 0 aliphatic rings. The van der Waals surface area contributed by atoms with Gasteiger partial charge in [-0.15, -0.1) is 11.6 Å². The van der Waals surface area contributed by atoms with Gasteiger partial charge in [-0.2, -0.15) is 13.2 Å². The average Bonchev–Trinajstić information content (AvgIpc) is 1.93. The molecule has 0 aliphatic carbocycles.